The monoisotopic (exact) mass is 536 g/mol. The second kappa shape index (κ2) is 9.07. The Labute approximate surface area is 211 Å². The number of H-pyrrole nitrogens is 1. The topological polar surface area (TPSA) is 45.3 Å². The third-order valence-corrected chi connectivity index (χ3v) is 6.65. The molecule has 0 radical (unpaired) electrons. The molecular formula is C27H19F7N2O2. The fourth-order valence-corrected chi connectivity index (χ4v) is 4.87. The van der Waals surface area contributed by atoms with Crippen LogP contribution in [0.25, 0.3) is 10.9 Å². The molecule has 1 N–H and O–H groups in total. The first-order chi connectivity index (χ1) is 17.9. The van der Waals surface area contributed by atoms with Crippen molar-refractivity contribution >= 4 is 16.8 Å². The van der Waals surface area contributed by atoms with Crippen LogP contribution >= 0.6 is 0 Å². The number of alkyl halides is 6. The van der Waals surface area contributed by atoms with Crippen molar-refractivity contribution in [1.29, 1.82) is 0 Å². The average molecular weight is 536 g/mol. The number of aromatic nitrogens is 1. The summed E-state index contributed by atoms with van der Waals surface area (Å²) in [4.78, 5) is 17.8. The molecule has 4 aromatic rings. The predicted molar refractivity (Wildman–Crippen MR) is 124 cm³/mol. The maximum absolute atomic E-state index is 14.7. The average Bonchev–Trinajstić information content (AvgIpc) is 3.24. The van der Waals surface area contributed by atoms with Gasteiger partial charge in [0.1, 0.15) is 11.6 Å². The van der Waals surface area contributed by atoms with E-state index < -0.39 is 46.8 Å². The highest BCUT2D eigenvalue weighted by Crippen LogP contribution is 2.42. The highest BCUT2D eigenvalue weighted by molar-refractivity contribution is 5.96. The standard InChI is InChI=1S/C27H19F7N2O2/c1-38-17-6-8-22-19(13-17)18-9-10-36(25(37)20-12-16(27(32,33)34)5-7-21(20)28)24(23(18)35-22)14-3-2-4-15(11-14)26(29,30)31/h2-8,11-13,24,35H,9-10H2,1H3/t24-/m1/s1. The summed E-state index contributed by atoms with van der Waals surface area (Å²) in [6.45, 7) is -0.0768. The number of hydrogen-bond donors (Lipinski definition) is 1. The summed E-state index contributed by atoms with van der Waals surface area (Å²) in [7, 11) is 1.48. The fourth-order valence-electron chi connectivity index (χ4n) is 4.87. The van der Waals surface area contributed by atoms with E-state index in [-0.39, 0.29) is 18.5 Å². The zero-order chi connectivity index (χ0) is 27.4. The third kappa shape index (κ3) is 4.46. The molecule has 0 aliphatic carbocycles. The lowest BCUT2D eigenvalue weighted by atomic mass is 9.90. The molecule has 5 rings (SSSR count). The van der Waals surface area contributed by atoms with Crippen LogP contribution in [0.3, 0.4) is 0 Å². The molecule has 0 unspecified atom stereocenters. The van der Waals surface area contributed by atoms with E-state index >= 15 is 0 Å². The lowest BCUT2D eigenvalue weighted by molar-refractivity contribution is -0.138. The number of hydrogen-bond acceptors (Lipinski definition) is 2. The molecule has 3 aromatic carbocycles. The van der Waals surface area contributed by atoms with Crippen LogP contribution in [0.1, 0.15) is 44.3 Å². The molecule has 0 saturated carbocycles. The smallest absolute Gasteiger partial charge is 0.416 e. The van der Waals surface area contributed by atoms with Gasteiger partial charge in [0, 0.05) is 23.1 Å². The van der Waals surface area contributed by atoms with Crippen molar-refractivity contribution < 1.29 is 40.3 Å². The molecule has 1 aliphatic rings. The SMILES string of the molecule is COc1ccc2[nH]c3c(c2c1)CCN(C(=O)c1cc(C(F)(F)F)ccc1F)[C@@H]3c1cccc(C(F)(F)F)c1. The van der Waals surface area contributed by atoms with Crippen molar-refractivity contribution in [2.75, 3.05) is 13.7 Å². The van der Waals surface area contributed by atoms with E-state index in [2.05, 4.69) is 4.98 Å². The van der Waals surface area contributed by atoms with Gasteiger partial charge in [-0.1, -0.05) is 12.1 Å². The molecule has 1 aromatic heterocycles. The highest BCUT2D eigenvalue weighted by atomic mass is 19.4. The van der Waals surface area contributed by atoms with Crippen LogP contribution in [-0.2, 0) is 18.8 Å². The van der Waals surface area contributed by atoms with Gasteiger partial charge in [-0.2, -0.15) is 26.3 Å². The van der Waals surface area contributed by atoms with Crippen molar-refractivity contribution in [2.45, 2.75) is 24.8 Å². The van der Waals surface area contributed by atoms with Gasteiger partial charge in [0.2, 0.25) is 0 Å². The minimum absolute atomic E-state index is 0.0695. The summed E-state index contributed by atoms with van der Waals surface area (Å²) in [5.41, 5.74) is -1.19. The first kappa shape index (κ1) is 25.6. The van der Waals surface area contributed by atoms with Gasteiger partial charge >= 0.3 is 12.4 Å². The second-order valence-electron chi connectivity index (χ2n) is 8.90. The first-order valence-electron chi connectivity index (χ1n) is 11.4. The minimum Gasteiger partial charge on any atom is -0.497 e. The van der Waals surface area contributed by atoms with E-state index in [9.17, 15) is 35.5 Å². The van der Waals surface area contributed by atoms with Gasteiger partial charge in [0.15, 0.2) is 0 Å². The zero-order valence-corrected chi connectivity index (χ0v) is 19.7. The zero-order valence-electron chi connectivity index (χ0n) is 19.7. The maximum Gasteiger partial charge on any atom is 0.416 e. The van der Waals surface area contributed by atoms with Crippen LogP contribution in [0, 0.1) is 5.82 Å². The molecule has 0 bridgehead atoms. The van der Waals surface area contributed by atoms with Crippen molar-refractivity contribution in [1.82, 2.24) is 9.88 Å². The summed E-state index contributed by atoms with van der Waals surface area (Å²) in [5, 5.41) is 0.730. The summed E-state index contributed by atoms with van der Waals surface area (Å²) in [6, 6.07) is 9.84. The summed E-state index contributed by atoms with van der Waals surface area (Å²) in [6.07, 6.45) is -9.28. The Hall–Kier alpha value is -4.02. The maximum atomic E-state index is 14.7. The lowest BCUT2D eigenvalue weighted by Crippen LogP contribution is -2.41. The van der Waals surface area contributed by atoms with Crippen LogP contribution in [0.15, 0.2) is 60.7 Å². The number of carbonyl (C=O) groups is 1. The number of rotatable bonds is 3. The molecule has 0 saturated heterocycles. The van der Waals surface area contributed by atoms with Gasteiger partial charge < -0.3 is 14.6 Å². The Kier molecular flexibility index (Phi) is 6.12. The number of nitrogens with zero attached hydrogens (tertiary/aromatic N) is 1. The number of aromatic amines is 1. The van der Waals surface area contributed by atoms with Gasteiger partial charge in [-0.3, -0.25) is 4.79 Å². The predicted octanol–water partition coefficient (Wildman–Crippen LogP) is 7.14. The Morgan fingerprint density at radius 3 is 2.34 bits per heavy atom. The molecule has 38 heavy (non-hydrogen) atoms. The lowest BCUT2D eigenvalue weighted by Gasteiger charge is -2.36. The Morgan fingerprint density at radius 1 is 0.947 bits per heavy atom. The first-order valence-corrected chi connectivity index (χ1v) is 11.4. The molecule has 0 spiro atoms. The van der Waals surface area contributed by atoms with Crippen molar-refractivity contribution in [3.8, 4) is 5.75 Å². The highest BCUT2D eigenvalue weighted by Gasteiger charge is 2.39. The molecular weight excluding hydrogens is 517 g/mol. The summed E-state index contributed by atoms with van der Waals surface area (Å²) < 4.78 is 101. The number of carbonyl (C=O) groups excluding carboxylic acids is 1. The van der Waals surface area contributed by atoms with E-state index in [4.69, 9.17) is 4.74 Å². The Bertz CT molecular complexity index is 1540. The van der Waals surface area contributed by atoms with E-state index in [1.165, 1.54) is 19.2 Å². The number of benzene rings is 3. The Balaban J connectivity index is 1.69. The Morgan fingerprint density at radius 2 is 1.66 bits per heavy atom. The van der Waals surface area contributed by atoms with Crippen LogP contribution in [0.4, 0.5) is 30.7 Å². The number of fused-ring (bicyclic) bond motifs is 3. The normalized spacial score (nSPS) is 16.0. The molecule has 2 heterocycles. The summed E-state index contributed by atoms with van der Waals surface area (Å²) >= 11 is 0. The number of ether oxygens (including phenoxy) is 1. The molecule has 4 nitrogen and oxygen atoms in total. The second-order valence-corrected chi connectivity index (χ2v) is 8.90. The van der Waals surface area contributed by atoms with Gasteiger partial charge in [0.25, 0.3) is 5.91 Å². The van der Waals surface area contributed by atoms with Gasteiger partial charge in [0.05, 0.1) is 29.8 Å². The molecule has 1 amide bonds. The van der Waals surface area contributed by atoms with Crippen molar-refractivity contribution in [2.24, 2.45) is 0 Å². The van der Waals surface area contributed by atoms with Gasteiger partial charge in [-0.05, 0) is 66.1 Å². The third-order valence-electron chi connectivity index (χ3n) is 6.65. The van der Waals surface area contributed by atoms with Crippen LogP contribution in [-0.4, -0.2) is 29.4 Å². The largest absolute Gasteiger partial charge is 0.497 e. The van der Waals surface area contributed by atoms with Gasteiger partial charge in [-0.25, -0.2) is 4.39 Å². The molecule has 11 heteroatoms. The fraction of sp³-hybridized carbons (Fsp3) is 0.222. The number of nitrogens with one attached hydrogen (secondary N) is 1. The summed E-state index contributed by atoms with van der Waals surface area (Å²) in [5.74, 6) is -1.70. The van der Waals surface area contributed by atoms with Crippen molar-refractivity contribution in [3.63, 3.8) is 0 Å². The quantitative estimate of drug-likeness (QED) is 0.283. The molecule has 0 fully saturated rings. The molecule has 1 aliphatic heterocycles. The number of amides is 1. The number of methoxy groups -OCH3 is 1. The van der Waals surface area contributed by atoms with Crippen LogP contribution in [0.5, 0.6) is 5.75 Å². The van der Waals surface area contributed by atoms with Gasteiger partial charge in [-0.15, -0.1) is 0 Å². The van der Waals surface area contributed by atoms with E-state index in [0.717, 1.165) is 28.0 Å². The number of halogens is 7. The van der Waals surface area contributed by atoms with Crippen LogP contribution < -0.4 is 4.74 Å². The molecule has 198 valence electrons. The van der Waals surface area contributed by atoms with Crippen molar-refractivity contribution in [3.05, 3.63) is 100.0 Å². The van der Waals surface area contributed by atoms with E-state index in [1.54, 1.807) is 18.2 Å². The molecule has 1 atom stereocenters. The van der Waals surface area contributed by atoms with E-state index in [1.807, 2.05) is 0 Å². The van der Waals surface area contributed by atoms with E-state index in [0.29, 0.717) is 35.2 Å². The van der Waals surface area contributed by atoms with Crippen LogP contribution in [0.2, 0.25) is 0 Å². The minimum atomic E-state index is -4.82.